The molecular formula is C26H22N6O3. The molecular weight excluding hydrogens is 444 g/mol. The molecule has 174 valence electrons. The van der Waals surface area contributed by atoms with Crippen molar-refractivity contribution in [2.75, 3.05) is 11.9 Å². The first-order chi connectivity index (χ1) is 17.1. The Hall–Kier alpha value is -4.79. The molecule has 3 aromatic heterocycles. The Bertz CT molecular complexity index is 1540. The molecule has 0 aliphatic heterocycles. The van der Waals surface area contributed by atoms with Crippen molar-refractivity contribution in [3.05, 3.63) is 95.9 Å². The smallest absolute Gasteiger partial charge is 0.343 e. The van der Waals surface area contributed by atoms with Crippen molar-refractivity contribution in [3.8, 4) is 11.5 Å². The Morgan fingerprint density at radius 1 is 0.886 bits per heavy atom. The van der Waals surface area contributed by atoms with Gasteiger partial charge in [-0.05, 0) is 44.2 Å². The van der Waals surface area contributed by atoms with Crippen LogP contribution in [0.2, 0.25) is 0 Å². The molecule has 5 rings (SSSR count). The zero-order valence-electron chi connectivity index (χ0n) is 19.2. The molecule has 1 amide bonds. The molecule has 0 aliphatic carbocycles. The van der Waals surface area contributed by atoms with E-state index in [0.29, 0.717) is 17.1 Å². The van der Waals surface area contributed by atoms with Crippen molar-refractivity contribution in [3.63, 3.8) is 0 Å². The Morgan fingerprint density at radius 2 is 1.60 bits per heavy atom. The number of rotatable bonds is 6. The van der Waals surface area contributed by atoms with Crippen LogP contribution >= 0.6 is 0 Å². The van der Waals surface area contributed by atoms with E-state index in [-0.39, 0.29) is 18.0 Å². The van der Waals surface area contributed by atoms with Gasteiger partial charge >= 0.3 is 5.97 Å². The largest absolute Gasteiger partial charge is 0.462 e. The highest BCUT2D eigenvalue weighted by atomic mass is 16.5. The molecule has 0 aliphatic rings. The summed E-state index contributed by atoms with van der Waals surface area (Å²) in [7, 11) is 0. The maximum Gasteiger partial charge on any atom is 0.343 e. The number of fused-ring (bicyclic) bond motifs is 1. The van der Waals surface area contributed by atoms with E-state index in [0.717, 1.165) is 16.6 Å². The van der Waals surface area contributed by atoms with E-state index in [2.05, 4.69) is 20.5 Å². The summed E-state index contributed by atoms with van der Waals surface area (Å²) in [6.45, 7) is 3.71. The molecule has 0 spiro atoms. The van der Waals surface area contributed by atoms with Crippen LogP contribution in [0.3, 0.4) is 0 Å². The van der Waals surface area contributed by atoms with Gasteiger partial charge in [-0.2, -0.15) is 14.9 Å². The lowest BCUT2D eigenvalue weighted by Gasteiger charge is -2.11. The quantitative estimate of drug-likeness (QED) is 0.373. The summed E-state index contributed by atoms with van der Waals surface area (Å²) < 4.78 is 8.29. The predicted molar refractivity (Wildman–Crippen MR) is 131 cm³/mol. The predicted octanol–water partition coefficient (Wildman–Crippen LogP) is 4.34. The van der Waals surface area contributed by atoms with Crippen LogP contribution in [0.15, 0.2) is 79.1 Å². The van der Waals surface area contributed by atoms with Gasteiger partial charge in [-0.15, -0.1) is 0 Å². The zero-order valence-corrected chi connectivity index (χ0v) is 19.2. The molecule has 35 heavy (non-hydrogen) atoms. The van der Waals surface area contributed by atoms with Crippen molar-refractivity contribution in [1.29, 1.82) is 0 Å². The topological polar surface area (TPSA) is 104 Å². The molecule has 0 bridgehead atoms. The highest BCUT2D eigenvalue weighted by Gasteiger charge is 2.24. The third kappa shape index (κ3) is 4.15. The van der Waals surface area contributed by atoms with Crippen LogP contribution in [0.25, 0.3) is 22.4 Å². The van der Waals surface area contributed by atoms with E-state index in [1.807, 2.05) is 67.6 Å². The lowest BCUT2D eigenvalue weighted by molar-refractivity contribution is 0.0527. The number of esters is 1. The van der Waals surface area contributed by atoms with Gasteiger partial charge in [-0.25, -0.2) is 14.5 Å². The van der Waals surface area contributed by atoms with Gasteiger partial charge in [0.15, 0.2) is 11.6 Å². The van der Waals surface area contributed by atoms with E-state index in [1.165, 1.54) is 17.1 Å². The number of hydrogen-bond donors (Lipinski definition) is 1. The second-order valence-electron chi connectivity index (χ2n) is 7.75. The molecule has 0 unspecified atom stereocenters. The standard InChI is InChI=1S/C26H22N6O3/c1-3-35-26(34)21-16-28-32(23-14-13-18-9-7-8-12-22(18)29-23)24(21)30-25(33)20-15-27-31(17(20)2)19-10-5-4-6-11-19/h4-16H,3H2,1-2H3,(H,30,33). The fraction of sp³-hybridized carbons (Fsp3) is 0.115. The molecule has 9 nitrogen and oxygen atoms in total. The molecule has 0 saturated heterocycles. The van der Waals surface area contributed by atoms with Gasteiger partial charge in [0, 0.05) is 5.39 Å². The fourth-order valence-corrected chi connectivity index (χ4v) is 3.81. The first-order valence-corrected chi connectivity index (χ1v) is 11.1. The number of aromatic nitrogens is 5. The van der Waals surface area contributed by atoms with Gasteiger partial charge < -0.3 is 10.1 Å². The minimum atomic E-state index is -0.591. The lowest BCUT2D eigenvalue weighted by Crippen LogP contribution is -2.19. The minimum absolute atomic E-state index is 0.128. The van der Waals surface area contributed by atoms with Crippen molar-refractivity contribution >= 4 is 28.6 Å². The molecule has 5 aromatic rings. The van der Waals surface area contributed by atoms with Gasteiger partial charge in [0.1, 0.15) is 5.56 Å². The fourth-order valence-electron chi connectivity index (χ4n) is 3.81. The first-order valence-electron chi connectivity index (χ1n) is 11.1. The molecule has 0 radical (unpaired) electrons. The Morgan fingerprint density at radius 3 is 2.40 bits per heavy atom. The second kappa shape index (κ2) is 9.22. The first kappa shape index (κ1) is 22.0. The van der Waals surface area contributed by atoms with Crippen molar-refractivity contribution in [1.82, 2.24) is 24.5 Å². The third-order valence-electron chi connectivity index (χ3n) is 5.55. The number of ether oxygens (including phenoxy) is 1. The molecule has 0 atom stereocenters. The number of benzene rings is 2. The lowest BCUT2D eigenvalue weighted by atomic mass is 10.2. The SMILES string of the molecule is CCOC(=O)c1cnn(-c2ccc3ccccc3n2)c1NC(=O)c1cnn(-c2ccccc2)c1C. The van der Waals surface area contributed by atoms with E-state index in [4.69, 9.17) is 4.74 Å². The Kier molecular flexibility index (Phi) is 5.80. The summed E-state index contributed by atoms with van der Waals surface area (Å²) >= 11 is 0. The average molecular weight is 467 g/mol. The summed E-state index contributed by atoms with van der Waals surface area (Å²) in [4.78, 5) is 30.6. The highest BCUT2D eigenvalue weighted by molar-refractivity contribution is 6.08. The highest BCUT2D eigenvalue weighted by Crippen LogP contribution is 2.24. The number of nitrogens with one attached hydrogen (secondary N) is 1. The maximum absolute atomic E-state index is 13.3. The number of amides is 1. The van der Waals surface area contributed by atoms with Gasteiger partial charge in [0.05, 0.1) is 41.5 Å². The monoisotopic (exact) mass is 466 g/mol. The summed E-state index contributed by atoms with van der Waals surface area (Å²) in [5.74, 6) is -0.404. The molecule has 1 N–H and O–H groups in total. The molecule has 2 aromatic carbocycles. The van der Waals surface area contributed by atoms with Gasteiger partial charge in [-0.3, -0.25) is 4.79 Å². The molecule has 0 fully saturated rings. The van der Waals surface area contributed by atoms with Gasteiger partial charge in [-0.1, -0.05) is 36.4 Å². The Balaban J connectivity index is 1.54. The van der Waals surface area contributed by atoms with Crippen LogP contribution in [-0.4, -0.2) is 43.0 Å². The normalized spacial score (nSPS) is 10.9. The van der Waals surface area contributed by atoms with Crippen LogP contribution < -0.4 is 5.32 Å². The minimum Gasteiger partial charge on any atom is -0.462 e. The second-order valence-corrected chi connectivity index (χ2v) is 7.75. The molecule has 9 heteroatoms. The number of carbonyl (C=O) groups excluding carboxylic acids is 2. The average Bonchev–Trinajstić information content (AvgIpc) is 3.48. The third-order valence-corrected chi connectivity index (χ3v) is 5.55. The number of anilines is 1. The summed E-state index contributed by atoms with van der Waals surface area (Å²) in [5, 5.41) is 12.5. The molecule has 0 saturated carbocycles. The van der Waals surface area contributed by atoms with E-state index >= 15 is 0 Å². The Labute approximate surface area is 201 Å². The van der Waals surface area contributed by atoms with Crippen molar-refractivity contribution < 1.29 is 14.3 Å². The van der Waals surface area contributed by atoms with E-state index in [1.54, 1.807) is 17.7 Å². The number of nitrogens with zero attached hydrogens (tertiary/aromatic N) is 5. The van der Waals surface area contributed by atoms with Crippen molar-refractivity contribution in [2.45, 2.75) is 13.8 Å². The molecule has 3 heterocycles. The van der Waals surface area contributed by atoms with Crippen LogP contribution in [0, 0.1) is 6.92 Å². The van der Waals surface area contributed by atoms with E-state index in [9.17, 15) is 9.59 Å². The van der Waals surface area contributed by atoms with E-state index < -0.39 is 11.9 Å². The number of pyridine rings is 1. The van der Waals surface area contributed by atoms with Crippen LogP contribution in [0.1, 0.15) is 33.3 Å². The number of carbonyl (C=O) groups is 2. The summed E-state index contributed by atoms with van der Waals surface area (Å²) in [6, 6.07) is 20.9. The summed E-state index contributed by atoms with van der Waals surface area (Å²) in [6.07, 6.45) is 2.86. The number of hydrogen-bond acceptors (Lipinski definition) is 6. The van der Waals surface area contributed by atoms with Crippen LogP contribution in [0.4, 0.5) is 5.82 Å². The summed E-state index contributed by atoms with van der Waals surface area (Å²) in [5.41, 5.74) is 2.74. The van der Waals surface area contributed by atoms with Crippen molar-refractivity contribution in [2.24, 2.45) is 0 Å². The van der Waals surface area contributed by atoms with Crippen LogP contribution in [0.5, 0.6) is 0 Å². The number of para-hydroxylation sites is 2. The van der Waals surface area contributed by atoms with Gasteiger partial charge in [0.25, 0.3) is 5.91 Å². The van der Waals surface area contributed by atoms with Crippen LogP contribution in [-0.2, 0) is 4.74 Å². The zero-order chi connectivity index (χ0) is 24.4. The maximum atomic E-state index is 13.3. The van der Waals surface area contributed by atoms with Gasteiger partial charge in [0.2, 0.25) is 0 Å².